The molecule has 1 aliphatic heterocycles. The number of hydrazine groups is 1. The van der Waals surface area contributed by atoms with Crippen LogP contribution >= 0.6 is 0 Å². The van der Waals surface area contributed by atoms with E-state index in [0.29, 0.717) is 18.9 Å². The summed E-state index contributed by atoms with van der Waals surface area (Å²) in [6, 6.07) is 0. The molecule has 1 rings (SSSR count). The Bertz CT molecular complexity index is 234. The Morgan fingerprint density at radius 3 is 2.71 bits per heavy atom. The molecule has 0 saturated carbocycles. The maximum absolute atomic E-state index is 11.7. The average Bonchev–Trinajstić information content (AvgIpc) is 2.13. The van der Waals surface area contributed by atoms with Gasteiger partial charge in [0.15, 0.2) is 5.84 Å². The summed E-state index contributed by atoms with van der Waals surface area (Å²) in [6.45, 7) is 1.02. The summed E-state index contributed by atoms with van der Waals surface area (Å²) in [5.74, 6) is 0.471. The van der Waals surface area contributed by atoms with Gasteiger partial charge in [0.2, 0.25) is 0 Å². The Kier molecular flexibility index (Phi) is 3.87. The average molecular weight is 208 g/mol. The molecule has 1 heterocycles. The first-order chi connectivity index (χ1) is 6.58. The van der Waals surface area contributed by atoms with E-state index in [1.807, 2.05) is 0 Å². The lowest BCUT2D eigenvalue weighted by atomic mass is 10.4. The number of hydrogen-bond acceptors (Lipinski definition) is 4. The van der Waals surface area contributed by atoms with E-state index >= 15 is 0 Å². The van der Waals surface area contributed by atoms with Crippen LogP contribution in [-0.2, 0) is 0 Å². The summed E-state index contributed by atoms with van der Waals surface area (Å²) >= 11 is 0. The third kappa shape index (κ3) is 4.80. The highest BCUT2D eigenvalue weighted by Crippen LogP contribution is 2.17. The van der Waals surface area contributed by atoms with Crippen molar-refractivity contribution < 1.29 is 13.2 Å². The quantitative estimate of drug-likeness (QED) is 0.524. The van der Waals surface area contributed by atoms with Crippen molar-refractivity contribution in [3.05, 3.63) is 0 Å². The van der Waals surface area contributed by atoms with E-state index in [4.69, 9.17) is 0 Å². The largest absolute Gasteiger partial charge is 0.390 e. The molecule has 0 unspecified atom stereocenters. The van der Waals surface area contributed by atoms with Gasteiger partial charge >= 0.3 is 6.18 Å². The Hall–Kier alpha value is -1.11. The molecule has 0 saturated heterocycles. The molecule has 0 bridgehead atoms. The lowest BCUT2D eigenvalue weighted by Gasteiger charge is -2.11. The lowest BCUT2D eigenvalue weighted by molar-refractivity contribution is -0.133. The number of halogens is 3. The molecule has 0 radical (unpaired) electrons. The van der Waals surface area contributed by atoms with Crippen molar-refractivity contribution in [2.24, 2.45) is 9.98 Å². The summed E-state index contributed by atoms with van der Waals surface area (Å²) < 4.78 is 35.1. The molecule has 14 heavy (non-hydrogen) atoms. The Labute approximate surface area is 79.3 Å². The SMILES string of the molecule is FC(F)(F)CCNNC1=NCCN=C1. The number of rotatable bonds is 3. The molecule has 0 aromatic carbocycles. The maximum atomic E-state index is 11.7. The first-order valence-corrected chi connectivity index (χ1v) is 4.18. The van der Waals surface area contributed by atoms with Gasteiger partial charge in [-0.05, 0) is 0 Å². The van der Waals surface area contributed by atoms with Gasteiger partial charge in [-0.3, -0.25) is 9.98 Å². The van der Waals surface area contributed by atoms with Crippen LogP contribution in [0.1, 0.15) is 6.42 Å². The monoisotopic (exact) mass is 208 g/mol. The Morgan fingerprint density at radius 1 is 1.36 bits per heavy atom. The van der Waals surface area contributed by atoms with E-state index in [1.165, 1.54) is 6.21 Å². The van der Waals surface area contributed by atoms with Crippen LogP contribution in [0.15, 0.2) is 9.98 Å². The maximum Gasteiger partial charge on any atom is 0.390 e. The van der Waals surface area contributed by atoms with Crippen LogP contribution < -0.4 is 10.9 Å². The van der Waals surface area contributed by atoms with Crippen LogP contribution in [0.25, 0.3) is 0 Å². The molecule has 2 N–H and O–H groups in total. The minimum atomic E-state index is -4.13. The molecule has 4 nitrogen and oxygen atoms in total. The van der Waals surface area contributed by atoms with Crippen LogP contribution in [0, 0.1) is 0 Å². The third-order valence-corrected chi connectivity index (χ3v) is 1.47. The van der Waals surface area contributed by atoms with Crippen molar-refractivity contribution in [2.45, 2.75) is 12.6 Å². The van der Waals surface area contributed by atoms with E-state index in [-0.39, 0.29) is 6.54 Å². The number of nitrogens with one attached hydrogen (secondary N) is 2. The van der Waals surface area contributed by atoms with Crippen molar-refractivity contribution in [1.82, 2.24) is 10.9 Å². The predicted octanol–water partition coefficient (Wildman–Crippen LogP) is 0.516. The van der Waals surface area contributed by atoms with Crippen molar-refractivity contribution in [2.75, 3.05) is 19.6 Å². The highest BCUT2D eigenvalue weighted by atomic mass is 19.4. The van der Waals surface area contributed by atoms with Crippen LogP contribution in [0.2, 0.25) is 0 Å². The van der Waals surface area contributed by atoms with E-state index in [0.717, 1.165) is 0 Å². The van der Waals surface area contributed by atoms with Crippen molar-refractivity contribution in [3.8, 4) is 0 Å². The zero-order chi connectivity index (χ0) is 10.4. The molecule has 80 valence electrons. The zero-order valence-corrected chi connectivity index (χ0v) is 7.43. The van der Waals surface area contributed by atoms with Crippen molar-refractivity contribution >= 4 is 12.1 Å². The summed E-state index contributed by atoms with van der Waals surface area (Å²) in [7, 11) is 0. The molecule has 0 spiro atoms. The zero-order valence-electron chi connectivity index (χ0n) is 7.43. The van der Waals surface area contributed by atoms with Gasteiger partial charge in [0, 0.05) is 6.54 Å². The molecule has 0 aromatic heterocycles. The van der Waals surface area contributed by atoms with Gasteiger partial charge in [0.25, 0.3) is 0 Å². The van der Waals surface area contributed by atoms with Crippen molar-refractivity contribution in [1.29, 1.82) is 0 Å². The number of nitrogens with zero attached hydrogens (tertiary/aromatic N) is 2. The molecular formula is C7H11F3N4. The van der Waals surface area contributed by atoms with Gasteiger partial charge in [-0.25, -0.2) is 5.43 Å². The second-order valence-corrected chi connectivity index (χ2v) is 2.72. The summed E-state index contributed by atoms with van der Waals surface area (Å²) in [5.41, 5.74) is 4.96. The molecule has 0 fully saturated rings. The topological polar surface area (TPSA) is 48.8 Å². The van der Waals surface area contributed by atoms with E-state index < -0.39 is 12.6 Å². The summed E-state index contributed by atoms with van der Waals surface area (Å²) in [5, 5.41) is 0. The van der Waals surface area contributed by atoms with Crippen LogP contribution in [-0.4, -0.2) is 37.9 Å². The minimum absolute atomic E-state index is 0.184. The number of hydrogen-bond donors (Lipinski definition) is 2. The Morgan fingerprint density at radius 2 is 2.14 bits per heavy atom. The van der Waals surface area contributed by atoms with Gasteiger partial charge in [-0.1, -0.05) is 0 Å². The molecule has 1 aliphatic rings. The highest BCUT2D eigenvalue weighted by molar-refractivity contribution is 6.29. The molecular weight excluding hydrogens is 197 g/mol. The normalized spacial score (nSPS) is 16.6. The first kappa shape index (κ1) is 11.0. The number of amidine groups is 1. The van der Waals surface area contributed by atoms with Gasteiger partial charge in [0.05, 0.1) is 25.7 Å². The fourth-order valence-electron chi connectivity index (χ4n) is 0.849. The first-order valence-electron chi connectivity index (χ1n) is 4.18. The molecule has 0 amide bonds. The van der Waals surface area contributed by atoms with E-state index in [2.05, 4.69) is 20.8 Å². The third-order valence-electron chi connectivity index (χ3n) is 1.47. The standard InChI is InChI=1S/C7H11F3N4/c8-7(9,10)1-2-13-14-6-5-11-3-4-12-6/h5,13H,1-4H2,(H,12,14). The summed E-state index contributed by atoms with van der Waals surface area (Å²) in [6.07, 6.45) is -3.51. The predicted molar refractivity (Wildman–Crippen MR) is 47.5 cm³/mol. The molecule has 0 aliphatic carbocycles. The molecule has 0 atom stereocenters. The van der Waals surface area contributed by atoms with Crippen LogP contribution in [0.3, 0.4) is 0 Å². The van der Waals surface area contributed by atoms with Crippen LogP contribution in [0.4, 0.5) is 13.2 Å². The van der Waals surface area contributed by atoms with Crippen molar-refractivity contribution in [3.63, 3.8) is 0 Å². The summed E-state index contributed by atoms with van der Waals surface area (Å²) in [4.78, 5) is 7.88. The number of aliphatic imine (C=N–C) groups is 2. The van der Waals surface area contributed by atoms with E-state index in [1.54, 1.807) is 0 Å². The lowest BCUT2D eigenvalue weighted by Crippen LogP contribution is -2.41. The smallest absolute Gasteiger partial charge is 0.305 e. The fraction of sp³-hybridized carbons (Fsp3) is 0.714. The molecule has 0 aromatic rings. The van der Waals surface area contributed by atoms with Gasteiger partial charge in [0.1, 0.15) is 0 Å². The van der Waals surface area contributed by atoms with Gasteiger partial charge in [-0.2, -0.15) is 13.2 Å². The minimum Gasteiger partial charge on any atom is -0.305 e. The fourth-order valence-corrected chi connectivity index (χ4v) is 0.849. The molecule has 7 heteroatoms. The Balaban J connectivity index is 2.10. The highest BCUT2D eigenvalue weighted by Gasteiger charge is 2.25. The second kappa shape index (κ2) is 4.94. The van der Waals surface area contributed by atoms with Crippen LogP contribution in [0.5, 0.6) is 0 Å². The van der Waals surface area contributed by atoms with E-state index in [9.17, 15) is 13.2 Å². The number of alkyl halides is 3. The van der Waals surface area contributed by atoms with Gasteiger partial charge in [-0.15, -0.1) is 0 Å². The van der Waals surface area contributed by atoms with Gasteiger partial charge < -0.3 is 5.43 Å². The second-order valence-electron chi connectivity index (χ2n) is 2.72.